The second-order valence-electron chi connectivity index (χ2n) is 3.69. The highest BCUT2D eigenvalue weighted by Gasteiger charge is 2.11. The first-order valence-corrected chi connectivity index (χ1v) is 6.63. The van der Waals surface area contributed by atoms with Crippen molar-refractivity contribution < 1.29 is 4.79 Å². The Bertz CT molecular complexity index is 464. The highest BCUT2D eigenvalue weighted by molar-refractivity contribution is 9.10. The molecule has 5 heteroatoms. The zero-order valence-corrected chi connectivity index (χ0v) is 12.1. The molecule has 1 aromatic rings. The lowest BCUT2D eigenvalue weighted by molar-refractivity contribution is -0.128. The first-order valence-electron chi connectivity index (χ1n) is 5.84. The monoisotopic (exact) mass is 309 g/mol. The number of anilines is 1. The summed E-state index contributed by atoms with van der Waals surface area (Å²) in [6.45, 7) is 5.48. The van der Waals surface area contributed by atoms with Crippen LogP contribution in [0.3, 0.4) is 0 Å². The van der Waals surface area contributed by atoms with Crippen molar-refractivity contribution >= 4 is 27.5 Å². The normalized spacial score (nSPS) is 9.67. The third-order valence-electron chi connectivity index (χ3n) is 2.67. The largest absolute Gasteiger partial charge is 0.375 e. The van der Waals surface area contributed by atoms with Crippen LogP contribution in [0.25, 0.3) is 0 Å². The van der Waals surface area contributed by atoms with E-state index in [1.165, 1.54) is 0 Å². The molecule has 96 valence electrons. The number of benzene rings is 1. The molecular weight excluding hydrogens is 294 g/mol. The van der Waals surface area contributed by atoms with E-state index in [1.807, 2.05) is 19.9 Å². The summed E-state index contributed by atoms with van der Waals surface area (Å²) in [6.07, 6.45) is 0. The Labute approximate surface area is 116 Å². The summed E-state index contributed by atoms with van der Waals surface area (Å²) >= 11 is 3.31. The average Bonchev–Trinajstić information content (AvgIpc) is 2.37. The van der Waals surface area contributed by atoms with Crippen LogP contribution in [0.5, 0.6) is 0 Å². The Morgan fingerprint density at radius 3 is 2.67 bits per heavy atom. The molecule has 0 atom stereocenters. The number of nitriles is 1. The Morgan fingerprint density at radius 1 is 1.44 bits per heavy atom. The topological polar surface area (TPSA) is 56.1 Å². The Kier molecular flexibility index (Phi) is 5.66. The SMILES string of the molecule is CCN(CC)C(=O)CNc1cccc(Br)c1C#N. The van der Waals surface area contributed by atoms with Gasteiger partial charge in [-0.2, -0.15) is 5.26 Å². The van der Waals surface area contributed by atoms with Gasteiger partial charge in [0, 0.05) is 17.6 Å². The van der Waals surface area contributed by atoms with Crippen molar-refractivity contribution in [2.45, 2.75) is 13.8 Å². The van der Waals surface area contributed by atoms with E-state index >= 15 is 0 Å². The fourth-order valence-electron chi connectivity index (χ4n) is 1.64. The molecule has 0 radical (unpaired) electrons. The molecule has 0 saturated heterocycles. The fourth-order valence-corrected chi connectivity index (χ4v) is 2.10. The minimum Gasteiger partial charge on any atom is -0.375 e. The molecule has 0 aliphatic heterocycles. The molecule has 0 aliphatic carbocycles. The highest BCUT2D eigenvalue weighted by Crippen LogP contribution is 2.23. The second-order valence-corrected chi connectivity index (χ2v) is 4.55. The zero-order chi connectivity index (χ0) is 13.5. The molecule has 1 rings (SSSR count). The van der Waals surface area contributed by atoms with Gasteiger partial charge in [-0.1, -0.05) is 6.07 Å². The minimum absolute atomic E-state index is 0.0314. The molecule has 0 aliphatic rings. The minimum atomic E-state index is 0.0314. The van der Waals surface area contributed by atoms with Gasteiger partial charge in [-0.25, -0.2) is 0 Å². The van der Waals surface area contributed by atoms with E-state index in [0.717, 1.165) is 4.47 Å². The van der Waals surface area contributed by atoms with E-state index in [9.17, 15) is 4.79 Å². The molecule has 1 aromatic carbocycles. The van der Waals surface area contributed by atoms with Gasteiger partial charge in [-0.15, -0.1) is 0 Å². The Morgan fingerprint density at radius 2 is 2.11 bits per heavy atom. The Balaban J connectivity index is 2.73. The van der Waals surface area contributed by atoms with Crippen molar-refractivity contribution in [2.24, 2.45) is 0 Å². The van der Waals surface area contributed by atoms with E-state index in [1.54, 1.807) is 17.0 Å². The summed E-state index contributed by atoms with van der Waals surface area (Å²) in [5, 5.41) is 12.1. The molecule has 0 heterocycles. The molecule has 0 fully saturated rings. The number of likely N-dealkylation sites (N-methyl/N-ethyl adjacent to an activating group) is 1. The van der Waals surface area contributed by atoms with Gasteiger partial charge < -0.3 is 10.2 Å². The maximum atomic E-state index is 11.8. The molecule has 0 unspecified atom stereocenters. The lowest BCUT2D eigenvalue weighted by Gasteiger charge is -2.19. The summed E-state index contributed by atoms with van der Waals surface area (Å²) in [6, 6.07) is 7.53. The number of hydrogen-bond donors (Lipinski definition) is 1. The summed E-state index contributed by atoms with van der Waals surface area (Å²) < 4.78 is 0.727. The van der Waals surface area contributed by atoms with Crippen molar-refractivity contribution in [2.75, 3.05) is 25.0 Å². The van der Waals surface area contributed by atoms with Crippen molar-refractivity contribution in [3.8, 4) is 6.07 Å². The summed E-state index contributed by atoms with van der Waals surface area (Å²) in [4.78, 5) is 13.6. The van der Waals surface area contributed by atoms with E-state index in [4.69, 9.17) is 5.26 Å². The number of nitrogens with zero attached hydrogens (tertiary/aromatic N) is 2. The van der Waals surface area contributed by atoms with Gasteiger partial charge in [0.25, 0.3) is 0 Å². The first kappa shape index (κ1) is 14.5. The molecular formula is C13H16BrN3O. The molecule has 0 aromatic heterocycles. The molecule has 4 nitrogen and oxygen atoms in total. The van der Waals surface area contributed by atoms with Crippen LogP contribution in [0.1, 0.15) is 19.4 Å². The van der Waals surface area contributed by atoms with Crippen LogP contribution >= 0.6 is 15.9 Å². The third-order valence-corrected chi connectivity index (χ3v) is 3.33. The number of hydrogen-bond acceptors (Lipinski definition) is 3. The van der Waals surface area contributed by atoms with Gasteiger partial charge in [-0.3, -0.25) is 4.79 Å². The lowest BCUT2D eigenvalue weighted by Crippen LogP contribution is -2.35. The maximum absolute atomic E-state index is 11.8. The van der Waals surface area contributed by atoms with Crippen molar-refractivity contribution in [3.05, 3.63) is 28.2 Å². The van der Waals surface area contributed by atoms with Crippen LogP contribution < -0.4 is 5.32 Å². The molecule has 1 N–H and O–H groups in total. The van der Waals surface area contributed by atoms with Gasteiger partial charge in [0.05, 0.1) is 17.8 Å². The van der Waals surface area contributed by atoms with Crippen LogP contribution in [0.15, 0.2) is 22.7 Å². The standard InChI is InChI=1S/C13H16BrN3O/c1-3-17(4-2)13(18)9-16-12-7-5-6-11(14)10(12)8-15/h5-7,16H,3-4,9H2,1-2H3. The smallest absolute Gasteiger partial charge is 0.241 e. The number of rotatable bonds is 5. The van der Waals surface area contributed by atoms with E-state index in [0.29, 0.717) is 24.3 Å². The van der Waals surface area contributed by atoms with Crippen molar-refractivity contribution in [1.82, 2.24) is 4.90 Å². The predicted molar refractivity (Wildman–Crippen MR) is 75.3 cm³/mol. The predicted octanol–water partition coefficient (Wildman–Crippen LogP) is 2.60. The average molecular weight is 310 g/mol. The van der Waals surface area contributed by atoms with Crippen LogP contribution in [0.2, 0.25) is 0 Å². The zero-order valence-electron chi connectivity index (χ0n) is 10.5. The number of amides is 1. The number of nitrogens with one attached hydrogen (secondary N) is 1. The van der Waals surface area contributed by atoms with Gasteiger partial charge in [0.15, 0.2) is 0 Å². The summed E-state index contributed by atoms with van der Waals surface area (Å²) in [5.74, 6) is 0.0314. The van der Waals surface area contributed by atoms with Gasteiger partial charge in [0.2, 0.25) is 5.91 Å². The maximum Gasteiger partial charge on any atom is 0.241 e. The first-order chi connectivity index (χ1) is 8.63. The second kappa shape index (κ2) is 7.02. The van der Waals surface area contributed by atoms with Crippen LogP contribution in [0, 0.1) is 11.3 Å². The molecule has 18 heavy (non-hydrogen) atoms. The summed E-state index contributed by atoms with van der Waals surface area (Å²) in [5.41, 5.74) is 1.19. The van der Waals surface area contributed by atoms with Crippen molar-refractivity contribution in [3.63, 3.8) is 0 Å². The Hall–Kier alpha value is -1.54. The number of carbonyl (C=O) groups is 1. The van der Waals surface area contributed by atoms with Crippen LogP contribution in [-0.2, 0) is 4.79 Å². The third kappa shape index (κ3) is 3.47. The molecule has 0 spiro atoms. The number of carbonyl (C=O) groups excluding carboxylic acids is 1. The van der Waals surface area contributed by atoms with Gasteiger partial charge >= 0.3 is 0 Å². The van der Waals surface area contributed by atoms with E-state index in [2.05, 4.69) is 27.3 Å². The van der Waals surface area contributed by atoms with Crippen LogP contribution in [-0.4, -0.2) is 30.4 Å². The quantitative estimate of drug-likeness (QED) is 0.909. The molecule has 0 bridgehead atoms. The lowest BCUT2D eigenvalue weighted by atomic mass is 10.2. The summed E-state index contributed by atoms with van der Waals surface area (Å²) in [7, 11) is 0. The van der Waals surface area contributed by atoms with Crippen molar-refractivity contribution in [1.29, 1.82) is 5.26 Å². The fraction of sp³-hybridized carbons (Fsp3) is 0.385. The van der Waals surface area contributed by atoms with Gasteiger partial charge in [-0.05, 0) is 41.9 Å². The molecule has 1 amide bonds. The molecule has 0 saturated carbocycles. The van der Waals surface area contributed by atoms with E-state index in [-0.39, 0.29) is 12.5 Å². The number of halogens is 1. The highest BCUT2D eigenvalue weighted by atomic mass is 79.9. The van der Waals surface area contributed by atoms with Crippen LogP contribution in [0.4, 0.5) is 5.69 Å². The van der Waals surface area contributed by atoms with E-state index < -0.39 is 0 Å². The van der Waals surface area contributed by atoms with Gasteiger partial charge in [0.1, 0.15) is 6.07 Å².